The van der Waals surface area contributed by atoms with Gasteiger partial charge in [0.15, 0.2) is 0 Å². The summed E-state index contributed by atoms with van der Waals surface area (Å²) in [5.74, 6) is 0.746. The molecule has 1 heterocycles. The Hall–Kier alpha value is -2.27. The number of hydrogen-bond acceptors (Lipinski definition) is 4. The Bertz CT molecular complexity index is 631. The van der Waals surface area contributed by atoms with Crippen molar-refractivity contribution >= 4 is 11.6 Å². The van der Waals surface area contributed by atoms with Crippen molar-refractivity contribution in [1.29, 1.82) is 0 Å². The van der Waals surface area contributed by atoms with Gasteiger partial charge < -0.3 is 20.2 Å². The molecule has 23 heavy (non-hydrogen) atoms. The van der Waals surface area contributed by atoms with Gasteiger partial charge in [-0.1, -0.05) is 12.1 Å². The van der Waals surface area contributed by atoms with Gasteiger partial charge in [-0.25, -0.2) is 0 Å². The van der Waals surface area contributed by atoms with E-state index in [1.54, 1.807) is 6.26 Å². The van der Waals surface area contributed by atoms with Crippen LogP contribution >= 0.6 is 0 Å². The Balaban J connectivity index is 1.63. The number of carbonyl (C=O) groups is 1. The molecule has 1 aromatic carbocycles. The Morgan fingerprint density at radius 1 is 1.13 bits per heavy atom. The highest BCUT2D eigenvalue weighted by Gasteiger charge is 2.22. The molecule has 3 rings (SSSR count). The maximum atomic E-state index is 12.5. The Labute approximate surface area is 135 Å². The number of nitrogens with one attached hydrogen (secondary N) is 2. The Morgan fingerprint density at radius 3 is 2.65 bits per heavy atom. The highest BCUT2D eigenvalue weighted by Crippen LogP contribution is 2.21. The quantitative estimate of drug-likeness (QED) is 0.793. The minimum Gasteiger partial charge on any atom is -0.467 e. The smallest absolute Gasteiger partial charge is 0.253 e. The molecule has 2 aromatic rings. The van der Waals surface area contributed by atoms with E-state index in [9.17, 15) is 9.90 Å². The molecule has 0 aliphatic heterocycles. The fourth-order valence-corrected chi connectivity index (χ4v) is 2.91. The predicted octanol–water partition coefficient (Wildman–Crippen LogP) is 2.93. The molecule has 0 unspecified atom stereocenters. The fraction of sp³-hybridized carbons (Fsp3) is 0.389. The number of aliphatic hydroxyl groups is 1. The second-order valence-corrected chi connectivity index (χ2v) is 5.96. The number of carbonyl (C=O) groups excluding carboxylic acids is 1. The third-order valence-electron chi connectivity index (χ3n) is 4.24. The largest absolute Gasteiger partial charge is 0.467 e. The first kappa shape index (κ1) is 15.6. The molecule has 1 saturated carbocycles. The van der Waals surface area contributed by atoms with Gasteiger partial charge in [0.25, 0.3) is 5.91 Å². The zero-order valence-electron chi connectivity index (χ0n) is 13.0. The molecule has 1 fully saturated rings. The molecule has 5 nitrogen and oxygen atoms in total. The van der Waals surface area contributed by atoms with Crippen molar-refractivity contribution in [2.24, 2.45) is 0 Å². The van der Waals surface area contributed by atoms with Crippen molar-refractivity contribution in [3.05, 3.63) is 54.0 Å². The van der Waals surface area contributed by atoms with Crippen molar-refractivity contribution < 1.29 is 14.3 Å². The van der Waals surface area contributed by atoms with Crippen LogP contribution in [0, 0.1) is 0 Å². The van der Waals surface area contributed by atoms with Gasteiger partial charge in [-0.3, -0.25) is 4.79 Å². The number of aliphatic hydroxyl groups excluding tert-OH is 1. The minimum atomic E-state index is -0.217. The second kappa shape index (κ2) is 7.33. The van der Waals surface area contributed by atoms with Crippen LogP contribution in [0.1, 0.15) is 41.8 Å². The molecular formula is C18H22N2O3. The van der Waals surface area contributed by atoms with Crippen LogP contribution in [0.5, 0.6) is 0 Å². The lowest BCUT2D eigenvalue weighted by molar-refractivity contribution is 0.0868. The summed E-state index contributed by atoms with van der Waals surface area (Å²) in [6.07, 6.45) is 4.58. The first-order chi connectivity index (χ1) is 11.2. The number of anilines is 1. The fourth-order valence-electron chi connectivity index (χ4n) is 2.91. The van der Waals surface area contributed by atoms with Crippen LogP contribution in [0.25, 0.3) is 0 Å². The van der Waals surface area contributed by atoms with Gasteiger partial charge in [-0.05, 0) is 49.9 Å². The molecule has 0 spiro atoms. The number of para-hydroxylation sites is 1. The monoisotopic (exact) mass is 314 g/mol. The molecule has 0 bridgehead atoms. The number of hydrogen-bond donors (Lipinski definition) is 3. The van der Waals surface area contributed by atoms with Crippen LogP contribution < -0.4 is 10.6 Å². The maximum Gasteiger partial charge on any atom is 0.253 e. The van der Waals surface area contributed by atoms with Crippen molar-refractivity contribution in [3.63, 3.8) is 0 Å². The van der Waals surface area contributed by atoms with E-state index in [0.717, 1.165) is 37.1 Å². The van der Waals surface area contributed by atoms with Crippen molar-refractivity contribution in [1.82, 2.24) is 5.32 Å². The molecule has 5 heteroatoms. The standard InChI is InChI=1S/C18H22N2O3/c21-14-9-7-13(8-10-14)20-18(22)16-5-1-2-6-17(16)19-12-15-4-3-11-23-15/h1-6,11,13-14,19,21H,7-10,12H2,(H,20,22). The Morgan fingerprint density at radius 2 is 1.91 bits per heavy atom. The van der Waals surface area contributed by atoms with E-state index in [0.29, 0.717) is 12.1 Å². The van der Waals surface area contributed by atoms with E-state index in [-0.39, 0.29) is 18.1 Å². The first-order valence-electron chi connectivity index (χ1n) is 8.06. The van der Waals surface area contributed by atoms with Crippen LogP contribution in [-0.4, -0.2) is 23.2 Å². The zero-order chi connectivity index (χ0) is 16.1. The summed E-state index contributed by atoms with van der Waals surface area (Å²) in [5.41, 5.74) is 1.42. The van der Waals surface area contributed by atoms with Gasteiger partial charge in [0.05, 0.1) is 24.5 Å². The third-order valence-corrected chi connectivity index (χ3v) is 4.24. The molecule has 0 saturated heterocycles. The Kier molecular flexibility index (Phi) is 4.98. The predicted molar refractivity (Wildman–Crippen MR) is 88.2 cm³/mol. The van der Waals surface area contributed by atoms with Crippen LogP contribution in [-0.2, 0) is 6.54 Å². The van der Waals surface area contributed by atoms with Crippen LogP contribution in [0.2, 0.25) is 0 Å². The lowest BCUT2D eigenvalue weighted by Crippen LogP contribution is -2.38. The SMILES string of the molecule is O=C(NC1CCC(O)CC1)c1ccccc1NCc1ccco1. The lowest BCUT2D eigenvalue weighted by Gasteiger charge is -2.26. The first-order valence-corrected chi connectivity index (χ1v) is 8.06. The highest BCUT2D eigenvalue weighted by atomic mass is 16.3. The summed E-state index contributed by atoms with van der Waals surface area (Å²) in [6.45, 7) is 0.535. The highest BCUT2D eigenvalue weighted by molar-refractivity contribution is 5.99. The van der Waals surface area contributed by atoms with E-state index < -0.39 is 0 Å². The van der Waals surface area contributed by atoms with Crippen LogP contribution in [0.3, 0.4) is 0 Å². The number of benzene rings is 1. The molecule has 0 radical (unpaired) electrons. The summed E-state index contributed by atoms with van der Waals surface area (Å²) in [7, 11) is 0. The lowest BCUT2D eigenvalue weighted by atomic mass is 9.93. The zero-order valence-corrected chi connectivity index (χ0v) is 13.0. The van der Waals surface area contributed by atoms with Crippen molar-refractivity contribution in [2.75, 3.05) is 5.32 Å². The van der Waals surface area contributed by atoms with Gasteiger partial charge >= 0.3 is 0 Å². The van der Waals surface area contributed by atoms with E-state index in [4.69, 9.17) is 4.42 Å². The maximum absolute atomic E-state index is 12.5. The summed E-state index contributed by atoms with van der Waals surface area (Å²) in [6, 6.07) is 11.3. The molecule has 1 amide bonds. The molecular weight excluding hydrogens is 292 g/mol. The van der Waals surface area contributed by atoms with E-state index >= 15 is 0 Å². The number of amides is 1. The van der Waals surface area contributed by atoms with Gasteiger partial charge in [0.2, 0.25) is 0 Å². The molecule has 3 N–H and O–H groups in total. The van der Waals surface area contributed by atoms with E-state index in [1.165, 1.54) is 0 Å². The van der Waals surface area contributed by atoms with E-state index in [1.807, 2.05) is 36.4 Å². The van der Waals surface area contributed by atoms with Crippen molar-refractivity contribution in [3.8, 4) is 0 Å². The van der Waals surface area contributed by atoms with Gasteiger partial charge in [0, 0.05) is 11.7 Å². The summed E-state index contributed by atoms with van der Waals surface area (Å²) >= 11 is 0. The molecule has 1 aromatic heterocycles. The molecule has 122 valence electrons. The van der Waals surface area contributed by atoms with Crippen LogP contribution in [0.15, 0.2) is 47.1 Å². The van der Waals surface area contributed by atoms with E-state index in [2.05, 4.69) is 10.6 Å². The van der Waals surface area contributed by atoms with Gasteiger partial charge in [-0.2, -0.15) is 0 Å². The molecule has 0 atom stereocenters. The average molecular weight is 314 g/mol. The number of furan rings is 1. The summed E-state index contributed by atoms with van der Waals surface area (Å²) in [4.78, 5) is 12.5. The molecule has 1 aliphatic carbocycles. The normalized spacial score (nSPS) is 20.9. The van der Waals surface area contributed by atoms with Crippen LogP contribution in [0.4, 0.5) is 5.69 Å². The summed E-state index contributed by atoms with van der Waals surface area (Å²) < 4.78 is 5.30. The third kappa shape index (κ3) is 4.13. The topological polar surface area (TPSA) is 74.5 Å². The van der Waals surface area contributed by atoms with Crippen molar-refractivity contribution in [2.45, 2.75) is 44.4 Å². The minimum absolute atomic E-state index is 0.0751. The van der Waals surface area contributed by atoms with Gasteiger partial charge in [0.1, 0.15) is 5.76 Å². The second-order valence-electron chi connectivity index (χ2n) is 5.96. The number of rotatable bonds is 5. The van der Waals surface area contributed by atoms with Gasteiger partial charge in [-0.15, -0.1) is 0 Å². The summed E-state index contributed by atoms with van der Waals surface area (Å²) in [5, 5.41) is 15.9. The molecule has 1 aliphatic rings. The average Bonchev–Trinajstić information content (AvgIpc) is 3.09.